The molecule has 2 unspecified atom stereocenters. The molecule has 1 aromatic heterocycles. The van der Waals surface area contributed by atoms with Crippen LogP contribution in [0.15, 0.2) is 67.8 Å². The highest BCUT2D eigenvalue weighted by atomic mass is 31.2. The lowest BCUT2D eigenvalue weighted by molar-refractivity contribution is -0.137. The van der Waals surface area contributed by atoms with E-state index in [1.165, 1.54) is 13.3 Å². The van der Waals surface area contributed by atoms with Crippen molar-refractivity contribution in [1.82, 2.24) is 20.2 Å². The van der Waals surface area contributed by atoms with Gasteiger partial charge in [-0.2, -0.15) is 0 Å². The minimum Gasteiger partial charge on any atom is -0.481 e. The number of carboxylic acid groups (broad SMARTS) is 1. The van der Waals surface area contributed by atoms with E-state index < -0.39 is 143 Å². The van der Waals surface area contributed by atoms with Crippen LogP contribution in [0.1, 0.15) is 150 Å². The highest BCUT2D eigenvalue weighted by molar-refractivity contribution is 7.47. The number of aryl methyl sites for hydroxylation is 2. The Morgan fingerprint density at radius 3 is 2.04 bits per heavy atom. The number of hydrogen-bond acceptors (Lipinski definition) is 18. The van der Waals surface area contributed by atoms with Gasteiger partial charge in [-0.3, -0.25) is 57.6 Å². The van der Waals surface area contributed by atoms with E-state index in [-0.39, 0.29) is 77.2 Å². The number of hydrogen-bond donors (Lipinski definition) is 11. The summed E-state index contributed by atoms with van der Waals surface area (Å²) in [5, 5.41) is 38.4. The van der Waals surface area contributed by atoms with Crippen LogP contribution in [0.3, 0.4) is 0 Å². The number of carbonyl (C=O) groups excluding carboxylic acids is 6. The fraction of sp³-hybridized carbons (Fsp3) is 0.629. The van der Waals surface area contributed by atoms with Crippen LogP contribution in [0, 0.1) is 59.2 Å². The zero-order valence-corrected chi connectivity index (χ0v) is 54.0. The monoisotopic (exact) mass is 1270 g/mol. The summed E-state index contributed by atoms with van der Waals surface area (Å²) in [5.74, 6) is -7.88. The lowest BCUT2D eigenvalue weighted by Gasteiger charge is -2.48. The lowest BCUT2D eigenvalue weighted by atomic mass is 9.55. The molecule has 2 fully saturated rings. The second-order valence-electron chi connectivity index (χ2n) is 27.0. The van der Waals surface area contributed by atoms with Crippen molar-refractivity contribution in [3.8, 4) is 0 Å². The third-order valence-corrected chi connectivity index (χ3v) is 21.7. The van der Waals surface area contributed by atoms with Crippen molar-refractivity contribution in [1.29, 1.82) is 0 Å². The van der Waals surface area contributed by atoms with E-state index in [9.17, 15) is 58.3 Å². The number of aliphatic imine (C=N–C) groups is 3. The first-order valence-corrected chi connectivity index (χ1v) is 32.0. The number of ether oxygens (including phenoxy) is 1. The number of fused-ring (bicyclic) bond motifs is 7. The molecule has 0 radical (unpaired) electrons. The Hall–Kier alpha value is -7.00. The Labute approximate surface area is 522 Å². The Morgan fingerprint density at radius 2 is 1.44 bits per heavy atom. The number of aliphatic hydroxyl groups excluding tert-OH is 2. The second-order valence-corrected chi connectivity index (χ2v) is 28.4. The summed E-state index contributed by atoms with van der Waals surface area (Å²) >= 11 is 0. The standard InChI is InChI=1S/C62H89N12O15P/c1-29-20-39-40(21-30(29)2)74(28-69-39)57-52(84)53(41(27-75)87-57)89-90(85,86)88-31(3)26-68-48(81)18-19-59(8)37(22-45(65)78)56-62(11)61(10,25-47(67)80)36(13-16-44(64)77)51(73-62)33(5)55-60(9,24-46(66)79)34(12-15-43(63)76)38(70-55)23-42-58(6,7)35(14-17-49(82)83)50(71-42)32(4)54(59)72-56/h20-21,23,28,31,34-37,41,52-53,56-57,70,75,84H,12-19,22,24-27H2,1-11H3,(H2,63,76)(H2,64,77)(H2,65,78)(H2,66,79)(H2,67,80)(H,68,81)(H,82,83)(H,85,86)/b38-23?,50-32?,55-33-/t31-,34-,35-,36-,37+,41-,52-,53-,56?,57+,59-,60+,61+,62+/m1/s1. The number of nitrogens with two attached hydrogens (primary N) is 5. The minimum atomic E-state index is -5.07. The minimum absolute atomic E-state index is 0.0314. The number of nitrogens with zero attached hydrogens (tertiary/aromatic N) is 5. The summed E-state index contributed by atoms with van der Waals surface area (Å²) < 4.78 is 32.2. The second kappa shape index (κ2) is 25.6. The summed E-state index contributed by atoms with van der Waals surface area (Å²) in [7, 11) is -5.07. The van der Waals surface area contributed by atoms with Gasteiger partial charge in [0, 0.05) is 131 Å². The molecule has 0 spiro atoms. The summed E-state index contributed by atoms with van der Waals surface area (Å²) in [5.41, 5.74) is 31.1. The topological polar surface area (TPSA) is 454 Å². The van der Waals surface area contributed by atoms with E-state index in [1.54, 1.807) is 18.4 Å². The Morgan fingerprint density at radius 1 is 0.822 bits per heavy atom. The van der Waals surface area contributed by atoms with E-state index in [0.717, 1.165) is 11.1 Å². The molecule has 6 amide bonds. The number of nitrogens with one attached hydrogen (secondary N) is 2. The molecule has 6 aliphatic rings. The van der Waals surface area contributed by atoms with Gasteiger partial charge in [-0.1, -0.05) is 34.6 Å². The molecule has 8 rings (SSSR count). The van der Waals surface area contributed by atoms with Gasteiger partial charge in [-0.15, -0.1) is 0 Å². The van der Waals surface area contributed by atoms with Crippen LogP contribution in [-0.4, -0.2) is 137 Å². The molecule has 16 N–H and O–H groups in total. The van der Waals surface area contributed by atoms with Crippen molar-refractivity contribution in [3.05, 3.63) is 63.9 Å². The zero-order valence-electron chi connectivity index (χ0n) is 53.1. The van der Waals surface area contributed by atoms with Gasteiger partial charge in [-0.25, -0.2) is 9.55 Å². The number of benzene rings is 1. The van der Waals surface area contributed by atoms with Crippen molar-refractivity contribution in [3.63, 3.8) is 0 Å². The number of phosphoric acid groups is 1. The maximum absolute atomic E-state index is 14.4. The lowest BCUT2D eigenvalue weighted by Crippen LogP contribution is -2.56. The van der Waals surface area contributed by atoms with Gasteiger partial charge in [0.25, 0.3) is 0 Å². The van der Waals surface area contributed by atoms with Crippen molar-refractivity contribution in [2.75, 3.05) is 13.2 Å². The van der Waals surface area contributed by atoms with E-state index in [4.69, 9.17) is 57.4 Å². The Balaban J connectivity index is 1.19. The number of primary amides is 5. The molecule has 8 bridgehead atoms. The molecular weight excluding hydrogens is 1180 g/mol. The van der Waals surface area contributed by atoms with Crippen LogP contribution in [-0.2, 0) is 51.9 Å². The normalized spacial score (nSPS) is 32.8. The fourth-order valence-corrected chi connectivity index (χ4v) is 16.6. The van der Waals surface area contributed by atoms with Crippen LogP contribution < -0.4 is 39.3 Å². The summed E-state index contributed by atoms with van der Waals surface area (Å²) in [6, 6.07) is 2.67. The number of phosphoric ester groups is 1. The molecule has 28 heteroatoms. The van der Waals surface area contributed by atoms with Crippen molar-refractivity contribution in [2.45, 2.75) is 189 Å². The number of rotatable bonds is 26. The Bertz CT molecular complexity index is 3540. The number of carbonyl (C=O) groups is 7. The molecule has 492 valence electrons. The Kier molecular flexibility index (Phi) is 19.6. The highest BCUT2D eigenvalue weighted by Crippen LogP contribution is 2.63. The van der Waals surface area contributed by atoms with Crippen LogP contribution in [0.25, 0.3) is 11.0 Å². The van der Waals surface area contributed by atoms with Crippen LogP contribution in [0.4, 0.5) is 0 Å². The predicted molar refractivity (Wildman–Crippen MR) is 332 cm³/mol. The van der Waals surface area contributed by atoms with Gasteiger partial charge in [0.2, 0.25) is 35.4 Å². The molecule has 1 aromatic carbocycles. The summed E-state index contributed by atoms with van der Waals surface area (Å²) in [4.78, 5) is 125. The van der Waals surface area contributed by atoms with Gasteiger partial charge in [0.1, 0.15) is 18.3 Å². The fourth-order valence-electron chi connectivity index (χ4n) is 15.4. The number of amides is 6. The SMILES string of the molecule is CC1=C2N=C(C=C3N/C(=C(/C)C4=N[C@@](C)(C5N=C1[C@](C)(CCC(=O)NC[C@@H](C)OP(=O)(O)O[C@H]1[C@@H](O)[C@@H](n6cnc7cc(C)c(C)cc76)O[C@@H]1CO)[C@H]5CC(N)=O)[C@@](C)(CC(N)=O)[C@@H]4CCC(N)=O)[C@@](C)(CC(N)=O)[C@@H]3CCC(N)=O)C(C)(C)[C@@H]2CCC(=O)O. The molecule has 90 heavy (non-hydrogen) atoms. The van der Waals surface area contributed by atoms with Gasteiger partial charge in [0.05, 0.1) is 41.7 Å². The van der Waals surface area contributed by atoms with Crippen molar-refractivity contribution in [2.24, 2.45) is 89.0 Å². The van der Waals surface area contributed by atoms with Gasteiger partial charge in [-0.05, 0) is 108 Å². The third-order valence-electron chi connectivity index (χ3n) is 20.6. The first-order valence-electron chi connectivity index (χ1n) is 30.5. The van der Waals surface area contributed by atoms with Gasteiger partial charge >= 0.3 is 13.8 Å². The quantitative estimate of drug-likeness (QED) is 0.0597. The molecule has 27 nitrogen and oxygen atoms in total. The number of aliphatic hydroxyl groups is 2. The maximum atomic E-state index is 14.4. The molecule has 7 heterocycles. The molecule has 0 saturated carbocycles. The van der Waals surface area contributed by atoms with E-state index in [1.807, 2.05) is 73.6 Å². The smallest absolute Gasteiger partial charge is 0.472 e. The number of carboxylic acids is 1. The average molecular weight is 1270 g/mol. The first-order chi connectivity index (χ1) is 41.8. The molecule has 2 saturated heterocycles. The van der Waals surface area contributed by atoms with E-state index in [0.29, 0.717) is 56.4 Å². The zero-order chi connectivity index (χ0) is 66.7. The number of aliphatic carboxylic acids is 1. The number of allylic oxidation sites excluding steroid dienone is 6. The molecule has 2 aromatic rings. The summed E-state index contributed by atoms with van der Waals surface area (Å²) in [6.07, 6.45) is -4.80. The largest absolute Gasteiger partial charge is 0.481 e. The predicted octanol–water partition coefficient (Wildman–Crippen LogP) is 3.76. The van der Waals surface area contributed by atoms with Crippen LogP contribution >= 0.6 is 7.82 Å². The van der Waals surface area contributed by atoms with Gasteiger partial charge in [0.15, 0.2) is 6.23 Å². The first kappa shape index (κ1) is 68.9. The van der Waals surface area contributed by atoms with Gasteiger partial charge < -0.3 is 68.8 Å². The highest BCUT2D eigenvalue weighted by Gasteiger charge is 2.66. The number of aromatic nitrogens is 2. The molecule has 6 aliphatic heterocycles. The third kappa shape index (κ3) is 13.0. The van der Waals surface area contributed by atoms with Crippen molar-refractivity contribution < 1.29 is 72.1 Å². The van der Waals surface area contributed by atoms with Crippen LogP contribution in [0.2, 0.25) is 0 Å². The summed E-state index contributed by atoms with van der Waals surface area (Å²) in [6.45, 7) is 19.0. The molecule has 0 aliphatic carbocycles. The maximum Gasteiger partial charge on any atom is 0.472 e. The van der Waals surface area contributed by atoms with Crippen LogP contribution in [0.5, 0.6) is 0 Å². The van der Waals surface area contributed by atoms with E-state index in [2.05, 4.69) is 15.6 Å². The van der Waals surface area contributed by atoms with Crippen molar-refractivity contribution >= 4 is 77.4 Å². The van der Waals surface area contributed by atoms with E-state index >= 15 is 0 Å². The number of imidazole rings is 1. The molecular formula is C62H89N12O15P. The average Bonchev–Trinajstić information content (AvgIpc) is 1.53. The molecule has 15 atom stereocenters.